The van der Waals surface area contributed by atoms with Crippen molar-refractivity contribution in [1.82, 2.24) is 30.5 Å². The molecule has 89 heavy (non-hydrogen) atoms. The molecule has 25 heteroatoms. The molecule has 4 aliphatic rings. The molecule has 9 rings (SSSR count). The zero-order valence-electron chi connectivity index (χ0n) is 51.4. The first-order chi connectivity index (χ1) is 42.5. The van der Waals surface area contributed by atoms with Gasteiger partial charge in [-0.3, -0.25) is 14.4 Å². The summed E-state index contributed by atoms with van der Waals surface area (Å²) in [6.07, 6.45) is 6.81. The molecular formula is C64H79Cl2FN10O10S2. The molecule has 3 saturated heterocycles. The number of esters is 1. The third kappa shape index (κ3) is 15.9. The van der Waals surface area contributed by atoms with Crippen LogP contribution in [-0.2, 0) is 39.8 Å². The van der Waals surface area contributed by atoms with E-state index in [2.05, 4.69) is 25.8 Å². The number of hydrogen-bond donors (Lipinski definition) is 6. The number of nitrogens with zero attached hydrogens (tertiary/aromatic N) is 5. The van der Waals surface area contributed by atoms with E-state index in [-0.39, 0.29) is 67.5 Å². The number of aliphatic hydroxyl groups is 1. The average molecular weight is 1300 g/mol. The Morgan fingerprint density at radius 3 is 2.54 bits per heavy atom. The van der Waals surface area contributed by atoms with E-state index in [9.17, 15) is 29.1 Å². The van der Waals surface area contributed by atoms with Gasteiger partial charge in [-0.2, -0.15) is 0 Å². The largest absolute Gasteiger partial charge is 0.495 e. The molecule has 3 aromatic carbocycles. The van der Waals surface area contributed by atoms with E-state index in [1.54, 1.807) is 39.2 Å². The van der Waals surface area contributed by atoms with Gasteiger partial charge < -0.3 is 65.4 Å². The Bertz CT molecular complexity index is 3490. The van der Waals surface area contributed by atoms with Gasteiger partial charge in [-0.1, -0.05) is 81.6 Å². The maximum absolute atomic E-state index is 15.0. The van der Waals surface area contributed by atoms with E-state index in [1.165, 1.54) is 57.7 Å². The minimum absolute atomic E-state index is 0.0583. The van der Waals surface area contributed by atoms with Crippen LogP contribution in [0.3, 0.4) is 0 Å². The quantitative estimate of drug-likeness (QED) is 0.0194. The maximum Gasteiger partial charge on any atom is 0.407 e. The summed E-state index contributed by atoms with van der Waals surface area (Å²) in [4.78, 5) is 86.8. The average Bonchev–Trinajstić information content (AvgIpc) is 1.65. The molecule has 3 fully saturated rings. The number of alkyl carbamates (subject to hydrolysis) is 1. The maximum atomic E-state index is 15.0. The number of imidazole rings is 1. The minimum atomic E-state index is -1.23. The van der Waals surface area contributed by atoms with E-state index in [4.69, 9.17) is 57.9 Å². The van der Waals surface area contributed by atoms with Gasteiger partial charge in [0.2, 0.25) is 17.7 Å². The number of anilines is 3. The topological polar surface area (TPSA) is 259 Å². The number of ether oxygens (including phenoxy) is 4. The Labute approximate surface area is 536 Å². The number of piperidine rings is 1. The van der Waals surface area contributed by atoms with Crippen molar-refractivity contribution in [2.75, 3.05) is 80.6 Å². The number of pyridine rings is 1. The van der Waals surface area contributed by atoms with Gasteiger partial charge in [0, 0.05) is 99.8 Å². The van der Waals surface area contributed by atoms with Gasteiger partial charge in [-0.05, 0) is 113 Å². The molecule has 4 amide bonds. The smallest absolute Gasteiger partial charge is 0.407 e. The van der Waals surface area contributed by atoms with E-state index < -0.39 is 59.4 Å². The summed E-state index contributed by atoms with van der Waals surface area (Å²) < 4.78 is 39.1. The summed E-state index contributed by atoms with van der Waals surface area (Å²) in [6.45, 7) is 10.6. The molecule has 7 N–H and O–H groups in total. The van der Waals surface area contributed by atoms with E-state index in [0.29, 0.717) is 88.7 Å². The number of carbonyl (C=O) groups excluding carboxylic acids is 5. The van der Waals surface area contributed by atoms with Crippen LogP contribution in [-0.4, -0.2) is 162 Å². The number of aliphatic hydroxyl groups excluding tert-OH is 1. The van der Waals surface area contributed by atoms with Gasteiger partial charge in [0.25, 0.3) is 0 Å². The second kappa shape index (κ2) is 29.1. The van der Waals surface area contributed by atoms with Crippen LogP contribution in [0.2, 0.25) is 10.0 Å². The second-order valence-corrected chi connectivity index (χ2v) is 27.3. The lowest BCUT2D eigenvalue weighted by molar-refractivity contribution is -0.161. The lowest BCUT2D eigenvalue weighted by Crippen LogP contribution is -2.59. The number of nitrogens with one attached hydrogen (secondary N) is 4. The number of H-pyrrole nitrogens is 1. The predicted octanol–water partition coefficient (Wildman–Crippen LogP) is 9.96. The molecule has 2 aromatic heterocycles. The van der Waals surface area contributed by atoms with Crippen LogP contribution in [0.4, 0.5) is 26.4 Å². The Morgan fingerprint density at radius 2 is 1.81 bits per heavy atom. The van der Waals surface area contributed by atoms with Crippen molar-refractivity contribution in [3.8, 4) is 28.3 Å². The van der Waals surface area contributed by atoms with Gasteiger partial charge in [0.15, 0.2) is 0 Å². The molecule has 7 atom stereocenters. The van der Waals surface area contributed by atoms with Crippen LogP contribution in [0.25, 0.3) is 33.5 Å². The summed E-state index contributed by atoms with van der Waals surface area (Å²) in [5, 5.41) is 20.7. The zero-order valence-corrected chi connectivity index (χ0v) is 54.5. The number of epoxide rings is 1. The van der Waals surface area contributed by atoms with Crippen molar-refractivity contribution >= 4 is 103 Å². The van der Waals surface area contributed by atoms with Gasteiger partial charge in [-0.25, -0.2) is 23.9 Å². The first-order valence-electron chi connectivity index (χ1n) is 29.9. The zero-order chi connectivity index (χ0) is 63.9. The van der Waals surface area contributed by atoms with Crippen LogP contribution in [0.1, 0.15) is 83.8 Å². The van der Waals surface area contributed by atoms with Crippen LogP contribution in [0, 0.1) is 18.7 Å². The molecule has 0 saturated carbocycles. The standard InChI is InChI=1S/C64H79Cl2FN10O10S2/c1-36-11-9-10-18-64(35-78)33-50(85-62(83)74-64)38(3)58-63(5,87-58)51(32-54(81)76(7)48-28-40(25-36)29-49(84-8)56(48)66)86-61(82)39(4)75(6)53(80)17-24-89-88-23-16-52(79)69-19-20-70-59-55(60-72-46-13-12-42(65)31-47(46)73-60)57(77-21-14-44(68)15-22-77)45(34-71-59)41-26-37(2)27-43(67)30-41/h9-13,26-31,34,38-39,44,50-51,58,78H,14-25,32-33,35,68H2,1-8H3,(H,69,79)(H,70,71)(H,72,73)(H,74,83)/b10-9+,36-11+/t38?,39?,50?,51-,58?,63?,64?/m0/s1. The summed E-state index contributed by atoms with van der Waals surface area (Å²) in [5.74, 6) is -0.195. The van der Waals surface area contributed by atoms with Gasteiger partial charge in [-0.15, -0.1) is 0 Å². The fourth-order valence-corrected chi connectivity index (χ4v) is 14.2. The highest BCUT2D eigenvalue weighted by molar-refractivity contribution is 8.76. The van der Waals surface area contributed by atoms with Crippen LogP contribution >= 0.6 is 44.8 Å². The highest BCUT2D eigenvalue weighted by Gasteiger charge is 2.64. The number of likely N-dealkylation sites (N-methyl/N-ethyl adjacent to an activating group) is 1. The lowest BCUT2D eigenvalue weighted by atomic mass is 9.80. The summed E-state index contributed by atoms with van der Waals surface area (Å²) in [7, 11) is 7.48. The molecule has 6 unspecified atom stereocenters. The Morgan fingerprint density at radius 1 is 1.06 bits per heavy atom. The summed E-state index contributed by atoms with van der Waals surface area (Å²) >= 11 is 13.3. The van der Waals surface area contributed by atoms with Crippen molar-refractivity contribution in [2.45, 2.75) is 128 Å². The summed E-state index contributed by atoms with van der Waals surface area (Å²) in [6, 6.07) is 13.0. The molecule has 4 bridgehead atoms. The minimum Gasteiger partial charge on any atom is -0.495 e. The Balaban J connectivity index is 0.794. The molecule has 0 aliphatic carbocycles. The van der Waals surface area contributed by atoms with Crippen molar-refractivity contribution in [2.24, 2.45) is 11.7 Å². The predicted molar refractivity (Wildman–Crippen MR) is 349 cm³/mol. The number of hydrogen-bond acceptors (Lipinski definition) is 17. The fraction of sp³-hybridized carbons (Fsp3) is 0.484. The van der Waals surface area contributed by atoms with E-state index in [1.807, 2.05) is 63.3 Å². The second-order valence-electron chi connectivity index (χ2n) is 23.8. The number of aromatic amines is 1. The highest BCUT2D eigenvalue weighted by Crippen LogP contribution is 2.50. The van der Waals surface area contributed by atoms with Gasteiger partial charge in [0.1, 0.15) is 52.1 Å². The number of halogens is 3. The number of nitrogens with two attached hydrogens (primary N) is 1. The number of carbonyl (C=O) groups is 5. The molecule has 0 radical (unpaired) electrons. The SMILES string of the molecule is COc1cc2cc(c1Cl)N(C)C(=O)C[C@H](OC(=O)C(C)N(C)C(=O)CCSSCCC(=O)NCCNc1ncc(-c3cc(C)cc(F)c3)c(N3CCC(N)CC3)c1-c1nc3ccc(Cl)cc3[nH]1)C1(C)OC1C(C)C1CC(CO)(C/C=C/C=C(\C)C2)NC(=O)O1. The number of fused-ring (bicyclic) bond motifs is 6. The third-order valence-electron chi connectivity index (χ3n) is 17.2. The van der Waals surface area contributed by atoms with Crippen LogP contribution < -0.4 is 36.2 Å². The number of aryl methyl sites for hydroxylation is 1. The molecule has 4 aliphatic heterocycles. The Hall–Kier alpha value is -6.60. The lowest BCUT2D eigenvalue weighted by Gasteiger charge is -2.41. The first kappa shape index (κ1) is 66.8. The molecule has 478 valence electrons. The third-order valence-corrected chi connectivity index (χ3v) is 20.2. The number of amides is 4. The molecular weight excluding hydrogens is 1220 g/mol. The number of rotatable bonds is 19. The molecule has 5 aromatic rings. The van der Waals surface area contributed by atoms with Crippen molar-refractivity contribution in [3.63, 3.8) is 0 Å². The number of allylic oxidation sites excluding steroid dienone is 3. The highest BCUT2D eigenvalue weighted by atomic mass is 35.5. The van der Waals surface area contributed by atoms with E-state index >= 15 is 4.39 Å². The van der Waals surface area contributed by atoms with Gasteiger partial charge >= 0.3 is 12.1 Å². The molecule has 20 nitrogen and oxygen atoms in total. The van der Waals surface area contributed by atoms with Crippen molar-refractivity contribution < 1.29 is 52.4 Å². The molecule has 6 heterocycles. The summed E-state index contributed by atoms with van der Waals surface area (Å²) in [5.41, 5.74) is 11.5. The van der Waals surface area contributed by atoms with Gasteiger partial charge in [0.05, 0.1) is 59.8 Å². The number of aromatic nitrogens is 3. The van der Waals surface area contributed by atoms with Crippen molar-refractivity contribution in [3.05, 3.63) is 106 Å². The van der Waals surface area contributed by atoms with Crippen LogP contribution in [0.5, 0.6) is 5.75 Å². The Kier molecular flexibility index (Phi) is 21.9. The molecule has 0 spiro atoms. The fourth-order valence-electron chi connectivity index (χ4n) is 11.8. The number of methoxy groups -OCH3 is 1. The van der Waals surface area contributed by atoms with Crippen LogP contribution in [0.15, 0.2) is 78.5 Å². The van der Waals surface area contributed by atoms with Crippen molar-refractivity contribution in [1.29, 1.82) is 0 Å². The van der Waals surface area contributed by atoms with E-state index in [0.717, 1.165) is 46.3 Å². The normalized spacial score (nSPS) is 23.7. The first-order valence-corrected chi connectivity index (χ1v) is 33.1. The monoisotopic (exact) mass is 1300 g/mol. The number of benzene rings is 3.